The molecule has 0 radical (unpaired) electrons. The molecule has 0 aromatic heterocycles. The van der Waals surface area contributed by atoms with Crippen LogP contribution in [0.5, 0.6) is 0 Å². The first-order valence-corrected chi connectivity index (χ1v) is 7.69. The van der Waals surface area contributed by atoms with Crippen molar-refractivity contribution in [2.24, 2.45) is 17.8 Å². The molecular weight excluding hydrogens is 232 g/mol. The van der Waals surface area contributed by atoms with E-state index in [2.05, 4.69) is 48.6 Å². The lowest BCUT2D eigenvalue weighted by Crippen LogP contribution is -2.26. The molecule has 1 N–H and O–H groups in total. The van der Waals surface area contributed by atoms with Crippen LogP contribution in [-0.4, -0.2) is 20.6 Å². The summed E-state index contributed by atoms with van der Waals surface area (Å²) in [5.74, 6) is 3.06. The summed E-state index contributed by atoms with van der Waals surface area (Å²) < 4.78 is 0. The maximum atomic E-state index is 3.66. The molecular formula is C17H26N2. The maximum Gasteiger partial charge on any atom is 0.0361 e. The smallest absolute Gasteiger partial charge is 0.0361 e. The molecule has 2 fully saturated rings. The fourth-order valence-corrected chi connectivity index (χ4v) is 3.94. The lowest BCUT2D eigenvalue weighted by molar-refractivity contribution is 0.318. The molecule has 0 aliphatic heterocycles. The Hall–Kier alpha value is -1.02. The fourth-order valence-electron chi connectivity index (χ4n) is 3.94. The summed E-state index contributed by atoms with van der Waals surface area (Å²) in [7, 11) is 4.17. The van der Waals surface area contributed by atoms with Crippen molar-refractivity contribution in [2.45, 2.75) is 32.2 Å². The van der Waals surface area contributed by atoms with Crippen LogP contribution in [0.15, 0.2) is 24.3 Å². The number of anilines is 1. The van der Waals surface area contributed by atoms with Crippen molar-refractivity contribution in [1.82, 2.24) is 5.32 Å². The largest absolute Gasteiger partial charge is 0.378 e. The lowest BCUT2D eigenvalue weighted by Gasteiger charge is -2.22. The fraction of sp³-hybridized carbons (Fsp3) is 0.647. The van der Waals surface area contributed by atoms with Gasteiger partial charge in [-0.3, -0.25) is 0 Å². The molecule has 19 heavy (non-hydrogen) atoms. The van der Waals surface area contributed by atoms with E-state index in [9.17, 15) is 0 Å². The second kappa shape index (κ2) is 5.54. The number of hydrogen-bond donors (Lipinski definition) is 1. The molecule has 0 spiro atoms. The van der Waals surface area contributed by atoms with E-state index in [4.69, 9.17) is 0 Å². The minimum Gasteiger partial charge on any atom is -0.378 e. The molecule has 1 aromatic carbocycles. The summed E-state index contributed by atoms with van der Waals surface area (Å²) in [6.45, 7) is 2.23. The van der Waals surface area contributed by atoms with Gasteiger partial charge in [-0.15, -0.1) is 0 Å². The molecule has 3 unspecified atom stereocenters. The highest BCUT2D eigenvalue weighted by Crippen LogP contribution is 2.47. The third-order valence-corrected chi connectivity index (χ3v) is 5.07. The van der Waals surface area contributed by atoms with Crippen LogP contribution in [0.2, 0.25) is 0 Å². The van der Waals surface area contributed by atoms with Crippen molar-refractivity contribution in [3.8, 4) is 0 Å². The van der Waals surface area contributed by atoms with Crippen LogP contribution in [0.4, 0.5) is 5.69 Å². The zero-order valence-electron chi connectivity index (χ0n) is 12.2. The molecule has 3 atom stereocenters. The SMILES string of the molecule is CN(C)c1ccc(CNCC2CC3CCC2C3)cc1. The average Bonchev–Trinajstić information content (AvgIpc) is 3.02. The summed E-state index contributed by atoms with van der Waals surface area (Å²) in [5.41, 5.74) is 2.67. The zero-order chi connectivity index (χ0) is 13.2. The van der Waals surface area contributed by atoms with Gasteiger partial charge in [0, 0.05) is 26.3 Å². The second-order valence-electron chi connectivity index (χ2n) is 6.63. The highest BCUT2D eigenvalue weighted by Gasteiger charge is 2.38. The third-order valence-electron chi connectivity index (χ3n) is 5.07. The number of benzene rings is 1. The van der Waals surface area contributed by atoms with Crippen LogP contribution in [0.25, 0.3) is 0 Å². The number of hydrogen-bond acceptors (Lipinski definition) is 2. The summed E-state index contributed by atoms with van der Waals surface area (Å²) in [4.78, 5) is 2.15. The quantitative estimate of drug-likeness (QED) is 0.872. The van der Waals surface area contributed by atoms with Gasteiger partial charge in [0.25, 0.3) is 0 Å². The molecule has 2 bridgehead atoms. The molecule has 2 nitrogen and oxygen atoms in total. The van der Waals surface area contributed by atoms with Crippen LogP contribution in [-0.2, 0) is 6.54 Å². The van der Waals surface area contributed by atoms with E-state index in [1.807, 2.05) is 0 Å². The number of fused-ring (bicyclic) bond motifs is 2. The van der Waals surface area contributed by atoms with Crippen LogP contribution in [0.3, 0.4) is 0 Å². The predicted octanol–water partition coefficient (Wildman–Crippen LogP) is 3.28. The first-order valence-electron chi connectivity index (χ1n) is 7.69. The predicted molar refractivity (Wildman–Crippen MR) is 81.4 cm³/mol. The third kappa shape index (κ3) is 2.94. The molecule has 0 amide bonds. The Labute approximate surface area is 117 Å². The summed E-state index contributed by atoms with van der Waals surface area (Å²) in [6, 6.07) is 8.88. The molecule has 104 valence electrons. The van der Waals surface area contributed by atoms with Gasteiger partial charge in [0.2, 0.25) is 0 Å². The van der Waals surface area contributed by atoms with E-state index in [1.165, 1.54) is 43.5 Å². The lowest BCUT2D eigenvalue weighted by atomic mass is 9.89. The van der Waals surface area contributed by atoms with E-state index in [0.717, 1.165) is 24.3 Å². The first-order chi connectivity index (χ1) is 9.22. The van der Waals surface area contributed by atoms with Crippen LogP contribution >= 0.6 is 0 Å². The normalized spacial score (nSPS) is 28.8. The van der Waals surface area contributed by atoms with Crippen molar-refractivity contribution < 1.29 is 0 Å². The van der Waals surface area contributed by atoms with Crippen molar-refractivity contribution in [3.05, 3.63) is 29.8 Å². The Morgan fingerprint density at radius 2 is 1.89 bits per heavy atom. The zero-order valence-corrected chi connectivity index (χ0v) is 12.2. The van der Waals surface area contributed by atoms with E-state index >= 15 is 0 Å². The molecule has 1 aromatic rings. The summed E-state index contributed by atoms with van der Waals surface area (Å²) in [6.07, 6.45) is 6.00. The van der Waals surface area contributed by atoms with Gasteiger partial charge < -0.3 is 10.2 Å². The minimum absolute atomic E-state index is 0.958. The van der Waals surface area contributed by atoms with Crippen molar-refractivity contribution in [2.75, 3.05) is 25.5 Å². The Balaban J connectivity index is 1.45. The van der Waals surface area contributed by atoms with E-state index < -0.39 is 0 Å². The van der Waals surface area contributed by atoms with Gasteiger partial charge in [0.15, 0.2) is 0 Å². The van der Waals surface area contributed by atoms with Crippen molar-refractivity contribution >= 4 is 5.69 Å². The Bertz CT molecular complexity index is 410. The highest BCUT2D eigenvalue weighted by molar-refractivity contribution is 5.45. The Kier molecular flexibility index (Phi) is 3.79. The van der Waals surface area contributed by atoms with Gasteiger partial charge in [0.1, 0.15) is 0 Å². The monoisotopic (exact) mass is 258 g/mol. The Morgan fingerprint density at radius 3 is 2.47 bits per heavy atom. The first kappa shape index (κ1) is 13.0. The molecule has 0 heterocycles. The molecule has 2 saturated carbocycles. The molecule has 2 heteroatoms. The summed E-state index contributed by atoms with van der Waals surface area (Å²) >= 11 is 0. The van der Waals surface area contributed by atoms with Crippen LogP contribution < -0.4 is 10.2 Å². The van der Waals surface area contributed by atoms with E-state index in [1.54, 1.807) is 0 Å². The van der Waals surface area contributed by atoms with Gasteiger partial charge in [-0.25, -0.2) is 0 Å². The van der Waals surface area contributed by atoms with Crippen LogP contribution in [0.1, 0.15) is 31.2 Å². The second-order valence-corrected chi connectivity index (χ2v) is 6.63. The van der Waals surface area contributed by atoms with Gasteiger partial charge in [-0.1, -0.05) is 18.6 Å². The number of nitrogens with zero attached hydrogens (tertiary/aromatic N) is 1. The van der Waals surface area contributed by atoms with Gasteiger partial charge in [-0.05, 0) is 61.3 Å². The van der Waals surface area contributed by atoms with Crippen molar-refractivity contribution in [1.29, 1.82) is 0 Å². The summed E-state index contributed by atoms with van der Waals surface area (Å²) in [5, 5.41) is 3.66. The molecule has 3 rings (SSSR count). The minimum atomic E-state index is 0.958. The van der Waals surface area contributed by atoms with Gasteiger partial charge in [0.05, 0.1) is 0 Å². The topological polar surface area (TPSA) is 15.3 Å². The molecule has 0 saturated heterocycles. The highest BCUT2D eigenvalue weighted by atomic mass is 15.1. The standard InChI is InChI=1S/C17H26N2/c1-19(2)17-7-4-13(5-8-17)11-18-12-16-10-14-3-6-15(16)9-14/h4-5,7-8,14-16,18H,3,6,9-12H2,1-2H3. The van der Waals surface area contributed by atoms with Gasteiger partial charge >= 0.3 is 0 Å². The van der Waals surface area contributed by atoms with Crippen molar-refractivity contribution in [3.63, 3.8) is 0 Å². The van der Waals surface area contributed by atoms with E-state index in [-0.39, 0.29) is 0 Å². The van der Waals surface area contributed by atoms with E-state index in [0.29, 0.717) is 0 Å². The number of nitrogens with one attached hydrogen (secondary N) is 1. The average molecular weight is 258 g/mol. The molecule has 2 aliphatic rings. The van der Waals surface area contributed by atoms with Crippen LogP contribution in [0, 0.1) is 17.8 Å². The number of rotatable bonds is 5. The molecule has 2 aliphatic carbocycles. The Morgan fingerprint density at radius 1 is 1.11 bits per heavy atom. The maximum absolute atomic E-state index is 3.66. The van der Waals surface area contributed by atoms with Gasteiger partial charge in [-0.2, -0.15) is 0 Å².